The Morgan fingerprint density at radius 2 is 1.42 bits per heavy atom. The Kier molecular flexibility index (Phi) is 3.34. The lowest BCUT2D eigenvalue weighted by molar-refractivity contribution is -0.180. The third-order valence-electron chi connectivity index (χ3n) is 1.05. The molecule has 0 heterocycles. The van der Waals surface area contributed by atoms with Crippen molar-refractivity contribution in [2.24, 2.45) is 0 Å². The highest BCUT2D eigenvalue weighted by Crippen LogP contribution is 2.31. The second-order valence-electron chi connectivity index (χ2n) is 2.18. The van der Waals surface area contributed by atoms with Crippen LogP contribution in [0.5, 0.6) is 0 Å². The first-order valence-electron chi connectivity index (χ1n) is 2.83. The van der Waals surface area contributed by atoms with E-state index in [0.29, 0.717) is 0 Å². The minimum absolute atomic E-state index is 2.33. The maximum Gasteiger partial charge on any atom is 0.392 e. The Labute approximate surface area is 63.4 Å². The largest absolute Gasteiger partial charge is 0.392 e. The fourth-order valence-corrected chi connectivity index (χ4v) is 0.436. The Bertz CT molecular complexity index is 137. The molecule has 0 N–H and O–H groups in total. The first-order chi connectivity index (χ1) is 5.19. The Morgan fingerprint density at radius 3 is 1.67 bits per heavy atom. The van der Waals surface area contributed by atoms with Crippen molar-refractivity contribution < 1.29 is 30.7 Å². The molecule has 0 saturated heterocycles. The van der Waals surface area contributed by atoms with Crippen LogP contribution in [0.1, 0.15) is 6.42 Å². The number of rotatable bonds is 3. The monoisotopic (exact) mass is 198 g/mol. The molecule has 0 spiro atoms. The first kappa shape index (κ1) is 11.5. The SMILES string of the molecule is FCC(F)(F)C(F)CC(F)(F)F. The van der Waals surface area contributed by atoms with Gasteiger partial charge in [0.25, 0.3) is 0 Å². The summed E-state index contributed by atoms with van der Waals surface area (Å²) in [5.41, 5.74) is 0. The third kappa shape index (κ3) is 3.77. The van der Waals surface area contributed by atoms with Crippen molar-refractivity contribution in [3.8, 4) is 0 Å². The zero-order valence-corrected chi connectivity index (χ0v) is 5.64. The van der Waals surface area contributed by atoms with Crippen molar-refractivity contribution in [3.63, 3.8) is 0 Å². The van der Waals surface area contributed by atoms with Gasteiger partial charge in [-0.25, -0.2) is 17.6 Å². The smallest absolute Gasteiger partial charge is 0.244 e. The number of halogens is 7. The van der Waals surface area contributed by atoms with Gasteiger partial charge in [-0.05, 0) is 0 Å². The molecule has 1 atom stereocenters. The van der Waals surface area contributed by atoms with Crippen LogP contribution in [0.4, 0.5) is 30.7 Å². The second-order valence-corrected chi connectivity index (χ2v) is 2.18. The molecule has 0 rings (SSSR count). The highest BCUT2D eigenvalue weighted by molar-refractivity contribution is 4.78. The average Bonchev–Trinajstić information content (AvgIpc) is 1.84. The van der Waals surface area contributed by atoms with Gasteiger partial charge in [-0.1, -0.05) is 0 Å². The highest BCUT2D eigenvalue weighted by atomic mass is 19.4. The van der Waals surface area contributed by atoms with Crippen molar-refractivity contribution >= 4 is 0 Å². The Balaban J connectivity index is 4.13. The lowest BCUT2D eigenvalue weighted by atomic mass is 10.1. The van der Waals surface area contributed by atoms with Crippen LogP contribution in [-0.2, 0) is 0 Å². The Hall–Kier alpha value is -0.490. The predicted molar refractivity (Wildman–Crippen MR) is 26.5 cm³/mol. The van der Waals surface area contributed by atoms with Crippen LogP contribution in [-0.4, -0.2) is 24.9 Å². The van der Waals surface area contributed by atoms with E-state index in [9.17, 15) is 30.7 Å². The lowest BCUT2D eigenvalue weighted by Gasteiger charge is -2.18. The van der Waals surface area contributed by atoms with Gasteiger partial charge in [-0.3, -0.25) is 0 Å². The average molecular weight is 198 g/mol. The Morgan fingerprint density at radius 1 is 1.00 bits per heavy atom. The van der Waals surface area contributed by atoms with E-state index >= 15 is 0 Å². The van der Waals surface area contributed by atoms with E-state index in [1.165, 1.54) is 0 Å². The van der Waals surface area contributed by atoms with E-state index in [1.807, 2.05) is 0 Å². The van der Waals surface area contributed by atoms with Gasteiger partial charge in [0.1, 0.15) is 0 Å². The molecule has 1 unspecified atom stereocenters. The molecule has 0 saturated carbocycles. The molecular weight excluding hydrogens is 193 g/mol. The summed E-state index contributed by atoms with van der Waals surface area (Å²) >= 11 is 0. The van der Waals surface area contributed by atoms with Crippen LogP contribution in [0.2, 0.25) is 0 Å². The zero-order chi connectivity index (χ0) is 9.99. The molecule has 0 aromatic carbocycles. The van der Waals surface area contributed by atoms with Crippen molar-refractivity contribution in [1.82, 2.24) is 0 Å². The summed E-state index contributed by atoms with van der Waals surface area (Å²) < 4.78 is 80.7. The summed E-state index contributed by atoms with van der Waals surface area (Å²) in [5.74, 6) is -4.55. The summed E-state index contributed by atoms with van der Waals surface area (Å²) in [4.78, 5) is 0. The van der Waals surface area contributed by atoms with E-state index in [1.54, 1.807) is 0 Å². The molecule has 0 aromatic rings. The topological polar surface area (TPSA) is 0 Å². The van der Waals surface area contributed by atoms with E-state index in [0.717, 1.165) is 0 Å². The molecule has 0 aliphatic heterocycles. The molecule has 0 aliphatic rings. The standard InChI is InChI=1S/C5H5F7/c6-2-4(8,9)3(7)1-5(10,11)12/h3H,1-2H2. The fraction of sp³-hybridized carbons (Fsp3) is 1.00. The molecule has 0 bridgehead atoms. The molecule has 0 aromatic heterocycles. The van der Waals surface area contributed by atoms with Gasteiger partial charge in [0.2, 0.25) is 0 Å². The number of alkyl halides is 7. The normalized spacial score (nSPS) is 16.2. The van der Waals surface area contributed by atoms with E-state index in [-0.39, 0.29) is 0 Å². The van der Waals surface area contributed by atoms with Gasteiger partial charge in [0, 0.05) is 0 Å². The van der Waals surface area contributed by atoms with Crippen LogP contribution >= 0.6 is 0 Å². The van der Waals surface area contributed by atoms with Crippen LogP contribution in [0.15, 0.2) is 0 Å². The van der Waals surface area contributed by atoms with E-state index in [4.69, 9.17) is 0 Å². The molecule has 0 radical (unpaired) electrons. The molecule has 7 heteroatoms. The van der Waals surface area contributed by atoms with Crippen LogP contribution < -0.4 is 0 Å². The minimum atomic E-state index is -5.04. The highest BCUT2D eigenvalue weighted by Gasteiger charge is 2.46. The third-order valence-corrected chi connectivity index (χ3v) is 1.05. The molecular formula is C5H5F7. The molecule has 0 nitrogen and oxygen atoms in total. The molecule has 74 valence electrons. The lowest BCUT2D eigenvalue weighted by Crippen LogP contribution is -2.35. The zero-order valence-electron chi connectivity index (χ0n) is 5.64. The summed E-state index contributed by atoms with van der Waals surface area (Å²) in [6.45, 7) is -2.43. The van der Waals surface area contributed by atoms with Gasteiger partial charge in [0.05, 0.1) is 6.42 Å². The molecule has 12 heavy (non-hydrogen) atoms. The van der Waals surface area contributed by atoms with Crippen molar-refractivity contribution in [3.05, 3.63) is 0 Å². The van der Waals surface area contributed by atoms with E-state index < -0.39 is 31.4 Å². The molecule has 0 aliphatic carbocycles. The second kappa shape index (κ2) is 3.49. The fourth-order valence-electron chi connectivity index (χ4n) is 0.436. The quantitative estimate of drug-likeness (QED) is 0.611. The summed E-state index contributed by atoms with van der Waals surface area (Å²) in [6.07, 6.45) is -10.9. The maximum atomic E-state index is 12.0. The first-order valence-corrected chi connectivity index (χ1v) is 2.83. The minimum Gasteiger partial charge on any atom is -0.244 e. The van der Waals surface area contributed by atoms with Crippen molar-refractivity contribution in [2.75, 3.05) is 6.67 Å². The van der Waals surface area contributed by atoms with Crippen LogP contribution in [0.3, 0.4) is 0 Å². The maximum absolute atomic E-state index is 12.0. The van der Waals surface area contributed by atoms with Crippen molar-refractivity contribution in [1.29, 1.82) is 0 Å². The number of hydrogen-bond acceptors (Lipinski definition) is 0. The number of hydrogen-bond donors (Lipinski definition) is 0. The summed E-state index contributed by atoms with van der Waals surface area (Å²) in [7, 11) is 0. The predicted octanol–water partition coefficient (Wildman–Crippen LogP) is 2.88. The van der Waals surface area contributed by atoms with Gasteiger partial charge in [0.15, 0.2) is 12.8 Å². The molecule has 0 amide bonds. The van der Waals surface area contributed by atoms with Crippen LogP contribution in [0.25, 0.3) is 0 Å². The van der Waals surface area contributed by atoms with Gasteiger partial charge >= 0.3 is 12.1 Å². The van der Waals surface area contributed by atoms with Gasteiger partial charge in [-0.2, -0.15) is 13.2 Å². The summed E-state index contributed by atoms with van der Waals surface area (Å²) in [6, 6.07) is 0. The van der Waals surface area contributed by atoms with Crippen LogP contribution in [0, 0.1) is 0 Å². The van der Waals surface area contributed by atoms with Crippen molar-refractivity contribution in [2.45, 2.75) is 24.7 Å². The van der Waals surface area contributed by atoms with Gasteiger partial charge in [-0.15, -0.1) is 0 Å². The summed E-state index contributed by atoms with van der Waals surface area (Å²) in [5, 5.41) is 0. The molecule has 0 fully saturated rings. The van der Waals surface area contributed by atoms with E-state index in [2.05, 4.69) is 0 Å². The van der Waals surface area contributed by atoms with Gasteiger partial charge < -0.3 is 0 Å².